The molecule has 1 unspecified atom stereocenters. The number of carboxylic acid groups (broad SMARTS) is 1. The lowest BCUT2D eigenvalue weighted by Gasteiger charge is -2.20. The average Bonchev–Trinajstić information content (AvgIpc) is 2.93. The highest BCUT2D eigenvalue weighted by molar-refractivity contribution is 5.69. The van der Waals surface area contributed by atoms with Gasteiger partial charge in [0.15, 0.2) is 0 Å². The fourth-order valence-electron chi connectivity index (χ4n) is 5.13. The Morgan fingerprint density at radius 3 is 2.81 bits per heavy atom. The Kier molecular flexibility index (Phi) is 9.41. The van der Waals surface area contributed by atoms with E-state index >= 15 is 0 Å². The Morgan fingerprint density at radius 1 is 1.26 bits per heavy atom. The van der Waals surface area contributed by atoms with Crippen molar-refractivity contribution in [2.45, 2.75) is 70.5 Å². The number of benzene rings is 1. The zero-order valence-electron chi connectivity index (χ0n) is 18.7. The molecule has 1 aromatic rings. The normalized spacial score (nSPS) is 29.4. The zero-order chi connectivity index (χ0) is 22.1. The van der Waals surface area contributed by atoms with Crippen LogP contribution in [0.1, 0.15) is 58.3 Å². The minimum Gasteiger partial charge on any atom is -0.493 e. The van der Waals surface area contributed by atoms with Crippen molar-refractivity contribution in [3.05, 3.63) is 42.5 Å². The summed E-state index contributed by atoms with van der Waals surface area (Å²) in [6.07, 6.45) is 11.0. The Balaban J connectivity index is 1.45. The monoisotopic (exact) mass is 430 g/mol. The molecule has 6 atom stereocenters. The van der Waals surface area contributed by atoms with Crippen molar-refractivity contribution >= 4 is 5.97 Å². The van der Waals surface area contributed by atoms with Gasteiger partial charge < -0.3 is 19.7 Å². The number of rotatable bonds is 11. The zero-order valence-corrected chi connectivity index (χ0v) is 18.7. The second-order valence-electron chi connectivity index (χ2n) is 9.14. The number of ether oxygens (including phenoxy) is 2. The van der Waals surface area contributed by atoms with Gasteiger partial charge in [-0.2, -0.15) is 0 Å². The van der Waals surface area contributed by atoms with Crippen LogP contribution in [0.4, 0.5) is 0 Å². The molecule has 1 saturated heterocycles. The van der Waals surface area contributed by atoms with E-state index in [1.54, 1.807) is 0 Å². The van der Waals surface area contributed by atoms with Crippen LogP contribution in [0.25, 0.3) is 0 Å². The van der Waals surface area contributed by atoms with Gasteiger partial charge in [-0.05, 0) is 62.5 Å². The molecule has 0 aromatic heterocycles. The van der Waals surface area contributed by atoms with E-state index in [1.807, 2.05) is 37.3 Å². The second-order valence-corrected chi connectivity index (χ2v) is 9.14. The van der Waals surface area contributed by atoms with Crippen LogP contribution in [0.15, 0.2) is 42.5 Å². The second kappa shape index (κ2) is 12.3. The molecule has 3 rings (SSSR count). The third-order valence-electron chi connectivity index (χ3n) is 6.91. The molecule has 1 aliphatic carbocycles. The van der Waals surface area contributed by atoms with E-state index in [2.05, 4.69) is 12.2 Å². The standard InChI is InChI=1S/C26H38O5/c1-2-8-20(26(28)29)14-12-19-13-15-23-22(24(27)17-25(23)31-18-19)11-6-7-16-30-21-9-4-3-5-10-21/h3-6,9-11,19-20,22-25,27H,2,7-8,12-18H2,1H3,(H,28,29)/b11-6+/t19-,20?,22-,23-,24-,25+/m1/s1. The highest BCUT2D eigenvalue weighted by Gasteiger charge is 2.43. The molecule has 5 nitrogen and oxygen atoms in total. The number of hydrogen-bond acceptors (Lipinski definition) is 4. The molecule has 2 fully saturated rings. The largest absolute Gasteiger partial charge is 0.493 e. The molecule has 1 heterocycles. The predicted octanol–water partition coefficient (Wildman–Crippen LogP) is 5.09. The third-order valence-corrected chi connectivity index (χ3v) is 6.91. The summed E-state index contributed by atoms with van der Waals surface area (Å²) in [5.41, 5.74) is 0. The summed E-state index contributed by atoms with van der Waals surface area (Å²) in [5.74, 6) is 0.875. The molecule has 1 saturated carbocycles. The molecule has 31 heavy (non-hydrogen) atoms. The van der Waals surface area contributed by atoms with E-state index < -0.39 is 5.97 Å². The maximum atomic E-state index is 11.4. The number of fused-ring (bicyclic) bond motifs is 1. The van der Waals surface area contributed by atoms with E-state index in [9.17, 15) is 15.0 Å². The van der Waals surface area contributed by atoms with Crippen molar-refractivity contribution < 1.29 is 24.5 Å². The summed E-state index contributed by atoms with van der Waals surface area (Å²) in [4.78, 5) is 11.4. The Morgan fingerprint density at radius 2 is 2.06 bits per heavy atom. The summed E-state index contributed by atoms with van der Waals surface area (Å²) in [6, 6.07) is 9.81. The summed E-state index contributed by atoms with van der Waals surface area (Å²) in [7, 11) is 0. The first kappa shape index (κ1) is 23.8. The number of aliphatic carboxylic acids is 1. The van der Waals surface area contributed by atoms with E-state index in [0.717, 1.165) is 50.7 Å². The van der Waals surface area contributed by atoms with Gasteiger partial charge in [0.2, 0.25) is 0 Å². The molecular formula is C26H38O5. The van der Waals surface area contributed by atoms with Crippen LogP contribution in [0.5, 0.6) is 5.75 Å². The van der Waals surface area contributed by atoms with E-state index in [1.165, 1.54) is 0 Å². The molecule has 172 valence electrons. The number of carboxylic acids is 1. The van der Waals surface area contributed by atoms with Gasteiger partial charge in [0.1, 0.15) is 5.75 Å². The molecule has 5 heteroatoms. The van der Waals surface area contributed by atoms with Crippen LogP contribution in [0.3, 0.4) is 0 Å². The van der Waals surface area contributed by atoms with Gasteiger partial charge in [0.25, 0.3) is 0 Å². The first-order valence-electron chi connectivity index (χ1n) is 12.0. The smallest absolute Gasteiger partial charge is 0.306 e. The molecule has 0 amide bonds. The molecule has 2 N–H and O–H groups in total. The molecule has 1 aromatic carbocycles. The van der Waals surface area contributed by atoms with E-state index in [-0.39, 0.29) is 24.0 Å². The van der Waals surface area contributed by atoms with Crippen molar-refractivity contribution in [2.24, 2.45) is 23.7 Å². The summed E-state index contributed by atoms with van der Waals surface area (Å²) >= 11 is 0. The quantitative estimate of drug-likeness (QED) is 0.378. The van der Waals surface area contributed by atoms with Crippen molar-refractivity contribution in [1.82, 2.24) is 0 Å². The Labute approximate surface area is 186 Å². The van der Waals surface area contributed by atoms with Gasteiger partial charge in [0.05, 0.1) is 24.7 Å². The highest BCUT2D eigenvalue weighted by atomic mass is 16.5. The van der Waals surface area contributed by atoms with Crippen LogP contribution >= 0.6 is 0 Å². The summed E-state index contributed by atoms with van der Waals surface area (Å²) in [5, 5.41) is 20.0. The number of hydrogen-bond donors (Lipinski definition) is 2. The molecular weight excluding hydrogens is 392 g/mol. The number of carbonyl (C=O) groups is 1. The van der Waals surface area contributed by atoms with Gasteiger partial charge in [0, 0.05) is 18.9 Å². The first-order valence-corrected chi connectivity index (χ1v) is 12.0. The highest BCUT2D eigenvalue weighted by Crippen LogP contribution is 2.42. The molecule has 0 spiro atoms. The van der Waals surface area contributed by atoms with Gasteiger partial charge in [-0.25, -0.2) is 0 Å². The van der Waals surface area contributed by atoms with Crippen LogP contribution in [0, 0.1) is 23.7 Å². The molecule has 2 aliphatic rings. The van der Waals surface area contributed by atoms with E-state index in [4.69, 9.17) is 9.47 Å². The average molecular weight is 431 g/mol. The number of aliphatic hydroxyl groups excluding tert-OH is 1. The maximum Gasteiger partial charge on any atom is 0.306 e. The fourth-order valence-corrected chi connectivity index (χ4v) is 5.13. The van der Waals surface area contributed by atoms with Gasteiger partial charge in [-0.3, -0.25) is 4.79 Å². The SMILES string of the molecule is CCCC(CC[C@@H]1CC[C@@H]2[C@@H](/C=C/CCOc3ccccc3)[C@H](O)C[C@@H]2OC1)C(=O)O. The van der Waals surface area contributed by atoms with Crippen LogP contribution < -0.4 is 4.74 Å². The van der Waals surface area contributed by atoms with Gasteiger partial charge >= 0.3 is 5.97 Å². The van der Waals surface area contributed by atoms with Crippen molar-refractivity contribution in [3.63, 3.8) is 0 Å². The van der Waals surface area contributed by atoms with Crippen molar-refractivity contribution in [1.29, 1.82) is 0 Å². The lowest BCUT2D eigenvalue weighted by atomic mass is 9.85. The summed E-state index contributed by atoms with van der Waals surface area (Å²) < 4.78 is 12.0. The Bertz CT molecular complexity index is 688. The van der Waals surface area contributed by atoms with Crippen molar-refractivity contribution in [3.8, 4) is 5.75 Å². The lowest BCUT2D eigenvalue weighted by molar-refractivity contribution is -0.142. The van der Waals surface area contributed by atoms with Gasteiger partial charge in [-0.15, -0.1) is 0 Å². The maximum absolute atomic E-state index is 11.4. The molecule has 0 radical (unpaired) electrons. The number of para-hydroxylation sites is 1. The van der Waals surface area contributed by atoms with Crippen LogP contribution in [0.2, 0.25) is 0 Å². The fraction of sp³-hybridized carbons (Fsp3) is 0.654. The van der Waals surface area contributed by atoms with E-state index in [0.29, 0.717) is 31.5 Å². The lowest BCUT2D eigenvalue weighted by Crippen LogP contribution is -2.21. The minimum atomic E-state index is -0.669. The topological polar surface area (TPSA) is 76.0 Å². The first-order chi connectivity index (χ1) is 15.1. The Hall–Kier alpha value is -1.85. The van der Waals surface area contributed by atoms with Crippen molar-refractivity contribution in [2.75, 3.05) is 13.2 Å². The van der Waals surface area contributed by atoms with Crippen LogP contribution in [-0.2, 0) is 9.53 Å². The third kappa shape index (κ3) is 7.08. The molecule has 0 bridgehead atoms. The van der Waals surface area contributed by atoms with Crippen LogP contribution in [-0.4, -0.2) is 41.6 Å². The molecule has 1 aliphatic heterocycles. The minimum absolute atomic E-state index is 0.112. The number of aliphatic hydroxyl groups is 1. The predicted molar refractivity (Wildman–Crippen MR) is 121 cm³/mol. The summed E-state index contributed by atoms with van der Waals surface area (Å²) in [6.45, 7) is 3.35. The van der Waals surface area contributed by atoms with Gasteiger partial charge in [-0.1, -0.05) is 43.7 Å².